The normalized spacial score (nSPS) is 21.2. The standard InChI is InChI=1S/C25H27N5O5/c1-27-23(31)12-18-7-8-20-22(35-18)14-34-21-9-6-17(11-19(21)24(32)30(20)2)29-25(33)28-16-5-3-4-15(10-16)13-26/h3-6,9-11,18,20,22H,7-8,12,14H2,1-2H3,(H,27,31)(H2,28,29,33)/t18-,20+,22-/m1/s1. The topological polar surface area (TPSA) is 133 Å². The smallest absolute Gasteiger partial charge is 0.323 e. The van der Waals surface area contributed by atoms with Gasteiger partial charge in [0, 0.05) is 25.5 Å². The van der Waals surface area contributed by atoms with Crippen molar-refractivity contribution in [3.8, 4) is 11.8 Å². The van der Waals surface area contributed by atoms with E-state index >= 15 is 0 Å². The van der Waals surface area contributed by atoms with E-state index < -0.39 is 6.03 Å². The fourth-order valence-electron chi connectivity index (χ4n) is 4.37. The predicted molar refractivity (Wildman–Crippen MR) is 128 cm³/mol. The number of hydrogen-bond donors (Lipinski definition) is 3. The Bertz CT molecular complexity index is 1180. The first-order valence-electron chi connectivity index (χ1n) is 11.4. The molecule has 1 fully saturated rings. The molecule has 182 valence electrons. The van der Waals surface area contributed by atoms with Crippen LogP contribution in [-0.2, 0) is 9.53 Å². The maximum atomic E-state index is 13.3. The summed E-state index contributed by atoms with van der Waals surface area (Å²) in [6.45, 7) is 0.238. The zero-order valence-electron chi connectivity index (χ0n) is 19.5. The third-order valence-electron chi connectivity index (χ3n) is 6.21. The number of likely N-dealkylation sites (N-methyl/N-ethyl adjacent to an activating group) is 1. The largest absolute Gasteiger partial charge is 0.490 e. The number of carbonyl (C=O) groups is 3. The van der Waals surface area contributed by atoms with E-state index in [1.54, 1.807) is 61.5 Å². The minimum atomic E-state index is -0.504. The predicted octanol–water partition coefficient (Wildman–Crippen LogP) is 2.72. The lowest BCUT2D eigenvalue weighted by Crippen LogP contribution is -2.53. The summed E-state index contributed by atoms with van der Waals surface area (Å²) >= 11 is 0. The number of fused-ring (bicyclic) bond motifs is 2. The Hall–Kier alpha value is -4.10. The van der Waals surface area contributed by atoms with Gasteiger partial charge in [0.05, 0.1) is 35.8 Å². The lowest BCUT2D eigenvalue weighted by molar-refractivity contribution is -0.133. The molecule has 0 saturated carbocycles. The van der Waals surface area contributed by atoms with Gasteiger partial charge in [-0.15, -0.1) is 0 Å². The fraction of sp³-hybridized carbons (Fsp3) is 0.360. The highest BCUT2D eigenvalue weighted by Gasteiger charge is 2.39. The zero-order valence-corrected chi connectivity index (χ0v) is 19.5. The molecular formula is C25H27N5O5. The molecule has 1 saturated heterocycles. The number of rotatable bonds is 4. The number of hydrogen-bond acceptors (Lipinski definition) is 6. The van der Waals surface area contributed by atoms with Gasteiger partial charge >= 0.3 is 6.03 Å². The average molecular weight is 478 g/mol. The van der Waals surface area contributed by atoms with Crippen LogP contribution in [-0.4, -0.2) is 61.7 Å². The van der Waals surface area contributed by atoms with E-state index in [0.717, 1.165) is 0 Å². The molecule has 2 aromatic rings. The molecular weight excluding hydrogens is 450 g/mol. The number of benzene rings is 2. The summed E-state index contributed by atoms with van der Waals surface area (Å²) in [7, 11) is 3.32. The van der Waals surface area contributed by atoms with E-state index in [4.69, 9.17) is 14.7 Å². The van der Waals surface area contributed by atoms with Gasteiger partial charge < -0.3 is 30.3 Å². The molecule has 2 aromatic carbocycles. The second kappa shape index (κ2) is 10.4. The van der Waals surface area contributed by atoms with Crippen molar-refractivity contribution in [3.63, 3.8) is 0 Å². The lowest BCUT2D eigenvalue weighted by atomic mass is 9.94. The number of ether oxygens (including phenoxy) is 2. The quantitative estimate of drug-likeness (QED) is 0.620. The van der Waals surface area contributed by atoms with Crippen molar-refractivity contribution in [1.29, 1.82) is 5.26 Å². The van der Waals surface area contributed by atoms with Gasteiger partial charge in [-0.1, -0.05) is 6.07 Å². The first kappa shape index (κ1) is 24.0. The van der Waals surface area contributed by atoms with Crippen LogP contribution in [0.3, 0.4) is 0 Å². The van der Waals surface area contributed by atoms with Crippen LogP contribution in [0.25, 0.3) is 0 Å². The maximum absolute atomic E-state index is 13.3. The molecule has 10 nitrogen and oxygen atoms in total. The third-order valence-corrected chi connectivity index (χ3v) is 6.21. The van der Waals surface area contributed by atoms with Crippen molar-refractivity contribution >= 4 is 29.2 Å². The van der Waals surface area contributed by atoms with Gasteiger partial charge in [-0.2, -0.15) is 5.26 Å². The van der Waals surface area contributed by atoms with E-state index in [0.29, 0.717) is 41.1 Å². The zero-order chi connectivity index (χ0) is 24.9. The Kier molecular flexibility index (Phi) is 7.17. The highest BCUT2D eigenvalue weighted by Crippen LogP contribution is 2.32. The van der Waals surface area contributed by atoms with Crippen molar-refractivity contribution in [2.24, 2.45) is 0 Å². The van der Waals surface area contributed by atoms with Crippen LogP contribution in [0, 0.1) is 11.3 Å². The summed E-state index contributed by atoms with van der Waals surface area (Å²) in [6.07, 6.45) is 1.05. The highest BCUT2D eigenvalue weighted by atomic mass is 16.5. The molecule has 4 rings (SSSR count). The second-order valence-electron chi connectivity index (χ2n) is 8.53. The summed E-state index contributed by atoms with van der Waals surface area (Å²) in [5, 5.41) is 17.0. The monoisotopic (exact) mass is 477 g/mol. The summed E-state index contributed by atoms with van der Waals surface area (Å²) in [4.78, 5) is 39.2. The summed E-state index contributed by atoms with van der Waals surface area (Å²) < 4.78 is 12.1. The van der Waals surface area contributed by atoms with Gasteiger partial charge in [-0.05, 0) is 49.2 Å². The van der Waals surface area contributed by atoms with Crippen LogP contribution in [0.15, 0.2) is 42.5 Å². The first-order chi connectivity index (χ1) is 16.9. The lowest BCUT2D eigenvalue weighted by Gasteiger charge is -2.42. The van der Waals surface area contributed by atoms with Gasteiger partial charge in [0.1, 0.15) is 18.5 Å². The van der Waals surface area contributed by atoms with Crippen LogP contribution in [0.1, 0.15) is 35.2 Å². The van der Waals surface area contributed by atoms with E-state index in [9.17, 15) is 14.4 Å². The Morgan fingerprint density at radius 3 is 2.66 bits per heavy atom. The molecule has 35 heavy (non-hydrogen) atoms. The van der Waals surface area contributed by atoms with Crippen LogP contribution < -0.4 is 20.7 Å². The van der Waals surface area contributed by atoms with E-state index in [1.165, 1.54) is 0 Å². The van der Waals surface area contributed by atoms with Crippen LogP contribution >= 0.6 is 0 Å². The van der Waals surface area contributed by atoms with Crippen molar-refractivity contribution in [3.05, 3.63) is 53.6 Å². The average Bonchev–Trinajstić information content (AvgIpc) is 2.86. The first-order valence-corrected chi connectivity index (χ1v) is 11.4. The number of carbonyl (C=O) groups excluding carboxylic acids is 3. The number of nitriles is 1. The molecule has 2 aliphatic rings. The molecule has 0 aliphatic carbocycles. The molecule has 0 aromatic heterocycles. The number of nitrogens with zero attached hydrogens (tertiary/aromatic N) is 2. The second-order valence-corrected chi connectivity index (χ2v) is 8.53. The van der Waals surface area contributed by atoms with Crippen molar-refractivity contribution in [2.45, 2.75) is 37.5 Å². The molecule has 0 unspecified atom stereocenters. The minimum Gasteiger partial charge on any atom is -0.490 e. The van der Waals surface area contributed by atoms with Crippen LogP contribution in [0.5, 0.6) is 5.75 Å². The SMILES string of the molecule is CNC(=O)C[C@H]1CC[C@H]2[C@@H](COc3ccc(NC(=O)Nc4cccc(C#N)c4)cc3C(=O)N2C)O1. The summed E-state index contributed by atoms with van der Waals surface area (Å²) in [6, 6.07) is 12.7. The number of urea groups is 1. The summed E-state index contributed by atoms with van der Waals surface area (Å²) in [5.41, 5.74) is 1.66. The van der Waals surface area contributed by atoms with E-state index in [-0.39, 0.29) is 43.1 Å². The summed E-state index contributed by atoms with van der Waals surface area (Å²) in [5.74, 6) is 0.0654. The Morgan fingerprint density at radius 2 is 1.91 bits per heavy atom. The van der Waals surface area contributed by atoms with Crippen molar-refractivity contribution < 1.29 is 23.9 Å². The van der Waals surface area contributed by atoms with Crippen LogP contribution in [0.2, 0.25) is 0 Å². The number of amides is 4. The molecule has 3 N–H and O–H groups in total. The minimum absolute atomic E-state index is 0.0863. The van der Waals surface area contributed by atoms with Crippen LogP contribution in [0.4, 0.5) is 16.2 Å². The van der Waals surface area contributed by atoms with Crippen molar-refractivity contribution in [2.75, 3.05) is 31.3 Å². The molecule has 2 heterocycles. The number of nitrogens with one attached hydrogen (secondary N) is 3. The third kappa shape index (κ3) is 5.53. The van der Waals surface area contributed by atoms with Gasteiger partial charge in [-0.3, -0.25) is 9.59 Å². The van der Waals surface area contributed by atoms with Gasteiger partial charge in [0.15, 0.2) is 0 Å². The Balaban J connectivity index is 1.47. The van der Waals surface area contributed by atoms with Gasteiger partial charge in [0.2, 0.25) is 5.91 Å². The molecule has 0 spiro atoms. The van der Waals surface area contributed by atoms with E-state index in [1.807, 2.05) is 6.07 Å². The van der Waals surface area contributed by atoms with E-state index in [2.05, 4.69) is 16.0 Å². The van der Waals surface area contributed by atoms with Gasteiger partial charge in [-0.25, -0.2) is 4.79 Å². The molecule has 10 heteroatoms. The fourth-order valence-corrected chi connectivity index (χ4v) is 4.37. The molecule has 0 bridgehead atoms. The Labute approximate surface area is 203 Å². The number of anilines is 2. The molecule has 0 radical (unpaired) electrons. The highest BCUT2D eigenvalue weighted by molar-refractivity contribution is 6.02. The molecule has 3 atom stereocenters. The molecule has 2 aliphatic heterocycles. The maximum Gasteiger partial charge on any atom is 0.323 e. The Morgan fingerprint density at radius 1 is 1.14 bits per heavy atom. The van der Waals surface area contributed by atoms with Crippen molar-refractivity contribution in [1.82, 2.24) is 10.2 Å². The molecule has 4 amide bonds. The van der Waals surface area contributed by atoms with Gasteiger partial charge in [0.25, 0.3) is 5.91 Å².